The Kier molecular flexibility index (Phi) is 6.34. The van der Waals surface area contributed by atoms with Gasteiger partial charge < -0.3 is 10.4 Å². The molecule has 4 nitrogen and oxygen atoms in total. The standard InChI is InChI=1S/C21H28N2O2/c1-16-9-8-10-17(2)20(16)22-19(24)14-23(15-21(3,4)25)13-18-11-6-5-7-12-18/h5-12,25H,13-15H2,1-4H3,(H,22,24). The van der Waals surface area contributed by atoms with E-state index in [1.165, 1.54) is 0 Å². The molecule has 2 N–H and O–H groups in total. The van der Waals surface area contributed by atoms with E-state index < -0.39 is 5.60 Å². The zero-order chi connectivity index (χ0) is 18.4. The minimum absolute atomic E-state index is 0.0717. The largest absolute Gasteiger partial charge is 0.389 e. The molecule has 0 fully saturated rings. The van der Waals surface area contributed by atoms with E-state index >= 15 is 0 Å². The topological polar surface area (TPSA) is 52.6 Å². The minimum Gasteiger partial charge on any atom is -0.389 e. The summed E-state index contributed by atoms with van der Waals surface area (Å²) in [6.07, 6.45) is 0. The second-order valence-electron chi connectivity index (χ2n) is 7.26. The molecule has 2 rings (SSSR count). The molecule has 0 atom stereocenters. The molecule has 25 heavy (non-hydrogen) atoms. The maximum atomic E-state index is 12.6. The van der Waals surface area contributed by atoms with E-state index in [0.29, 0.717) is 13.1 Å². The number of hydrogen-bond donors (Lipinski definition) is 2. The lowest BCUT2D eigenvalue weighted by atomic mass is 10.1. The number of hydrogen-bond acceptors (Lipinski definition) is 3. The van der Waals surface area contributed by atoms with E-state index in [4.69, 9.17) is 0 Å². The van der Waals surface area contributed by atoms with E-state index in [2.05, 4.69) is 5.32 Å². The second kappa shape index (κ2) is 8.28. The number of nitrogens with one attached hydrogen (secondary N) is 1. The predicted molar refractivity (Wildman–Crippen MR) is 103 cm³/mol. The quantitative estimate of drug-likeness (QED) is 0.811. The summed E-state index contributed by atoms with van der Waals surface area (Å²) >= 11 is 0. The zero-order valence-electron chi connectivity index (χ0n) is 15.5. The van der Waals surface area contributed by atoms with Gasteiger partial charge in [0.2, 0.25) is 5.91 Å². The second-order valence-corrected chi connectivity index (χ2v) is 7.26. The van der Waals surface area contributed by atoms with Gasteiger partial charge in [0.25, 0.3) is 0 Å². The van der Waals surface area contributed by atoms with Crippen LogP contribution in [0.3, 0.4) is 0 Å². The molecular formula is C21H28N2O2. The molecule has 1 amide bonds. The molecule has 0 aliphatic carbocycles. The average molecular weight is 340 g/mol. The highest BCUT2D eigenvalue weighted by atomic mass is 16.3. The fourth-order valence-corrected chi connectivity index (χ4v) is 2.95. The molecule has 0 radical (unpaired) electrons. The SMILES string of the molecule is Cc1cccc(C)c1NC(=O)CN(Cc1ccccc1)CC(C)(C)O. The number of rotatable bonds is 7. The Labute approximate surface area is 150 Å². The van der Waals surface area contributed by atoms with Crippen LogP contribution in [0.5, 0.6) is 0 Å². The van der Waals surface area contributed by atoms with Gasteiger partial charge in [0.05, 0.1) is 12.1 Å². The Bertz CT molecular complexity index is 685. The number of carbonyl (C=O) groups is 1. The first-order chi connectivity index (χ1) is 11.7. The van der Waals surface area contributed by atoms with Gasteiger partial charge in [-0.05, 0) is 44.4 Å². The van der Waals surface area contributed by atoms with Crippen molar-refractivity contribution in [2.45, 2.75) is 39.8 Å². The summed E-state index contributed by atoms with van der Waals surface area (Å²) in [6.45, 7) is 8.75. The molecule has 0 aromatic heterocycles. The highest BCUT2D eigenvalue weighted by Gasteiger charge is 2.21. The molecule has 0 aliphatic heterocycles. The lowest BCUT2D eigenvalue weighted by molar-refractivity contribution is -0.118. The molecule has 0 aliphatic rings. The van der Waals surface area contributed by atoms with Crippen molar-refractivity contribution in [3.8, 4) is 0 Å². The van der Waals surface area contributed by atoms with Crippen LogP contribution in [0.1, 0.15) is 30.5 Å². The van der Waals surface area contributed by atoms with Crippen molar-refractivity contribution in [3.63, 3.8) is 0 Å². The number of amides is 1. The van der Waals surface area contributed by atoms with Crippen LogP contribution in [0.4, 0.5) is 5.69 Å². The average Bonchev–Trinajstić information content (AvgIpc) is 2.50. The Morgan fingerprint density at radius 1 is 1.04 bits per heavy atom. The monoisotopic (exact) mass is 340 g/mol. The van der Waals surface area contributed by atoms with Crippen molar-refractivity contribution >= 4 is 11.6 Å². The molecule has 0 saturated carbocycles. The van der Waals surface area contributed by atoms with Crippen molar-refractivity contribution in [1.82, 2.24) is 4.90 Å². The molecule has 134 valence electrons. The highest BCUT2D eigenvalue weighted by Crippen LogP contribution is 2.19. The van der Waals surface area contributed by atoms with Crippen molar-refractivity contribution < 1.29 is 9.90 Å². The molecule has 2 aromatic carbocycles. The van der Waals surface area contributed by atoms with Crippen LogP contribution in [0.2, 0.25) is 0 Å². The Morgan fingerprint density at radius 2 is 1.64 bits per heavy atom. The van der Waals surface area contributed by atoms with Crippen LogP contribution < -0.4 is 5.32 Å². The van der Waals surface area contributed by atoms with Crippen LogP contribution in [0, 0.1) is 13.8 Å². The summed E-state index contributed by atoms with van der Waals surface area (Å²) in [5.74, 6) is -0.0717. The van der Waals surface area contributed by atoms with Crippen molar-refractivity contribution in [3.05, 3.63) is 65.2 Å². The van der Waals surface area contributed by atoms with E-state index in [1.807, 2.05) is 67.3 Å². The third kappa shape index (κ3) is 6.33. The molecule has 0 heterocycles. The summed E-state index contributed by atoms with van der Waals surface area (Å²) < 4.78 is 0. The first-order valence-corrected chi connectivity index (χ1v) is 8.59. The fourth-order valence-electron chi connectivity index (χ4n) is 2.95. The molecule has 0 bridgehead atoms. The number of anilines is 1. The summed E-state index contributed by atoms with van der Waals surface area (Å²) in [7, 11) is 0. The van der Waals surface area contributed by atoms with E-state index in [9.17, 15) is 9.90 Å². The maximum absolute atomic E-state index is 12.6. The summed E-state index contributed by atoms with van der Waals surface area (Å²) in [5.41, 5.74) is 3.21. The number of nitrogens with zero attached hydrogens (tertiary/aromatic N) is 1. The van der Waals surface area contributed by atoms with Gasteiger partial charge in [0.1, 0.15) is 0 Å². The van der Waals surface area contributed by atoms with Gasteiger partial charge in [-0.2, -0.15) is 0 Å². The predicted octanol–water partition coefficient (Wildman–Crippen LogP) is 3.52. The van der Waals surface area contributed by atoms with E-state index in [-0.39, 0.29) is 12.5 Å². The Hall–Kier alpha value is -2.17. The minimum atomic E-state index is -0.867. The van der Waals surface area contributed by atoms with Crippen LogP contribution >= 0.6 is 0 Å². The van der Waals surface area contributed by atoms with Gasteiger partial charge in [-0.3, -0.25) is 9.69 Å². The van der Waals surface area contributed by atoms with Gasteiger partial charge in [-0.25, -0.2) is 0 Å². The maximum Gasteiger partial charge on any atom is 0.238 e. The van der Waals surface area contributed by atoms with Crippen LogP contribution in [-0.2, 0) is 11.3 Å². The number of aryl methyl sites for hydroxylation is 2. The first kappa shape index (κ1) is 19.2. The Morgan fingerprint density at radius 3 is 2.20 bits per heavy atom. The lowest BCUT2D eigenvalue weighted by Crippen LogP contribution is -2.42. The molecular weight excluding hydrogens is 312 g/mol. The third-order valence-electron chi connectivity index (χ3n) is 3.97. The normalized spacial score (nSPS) is 11.6. The first-order valence-electron chi connectivity index (χ1n) is 8.59. The van der Waals surface area contributed by atoms with Crippen LogP contribution in [0.15, 0.2) is 48.5 Å². The summed E-state index contributed by atoms with van der Waals surface area (Å²) in [6, 6.07) is 15.9. The summed E-state index contributed by atoms with van der Waals surface area (Å²) in [5, 5.41) is 13.2. The van der Waals surface area contributed by atoms with E-state index in [1.54, 1.807) is 13.8 Å². The smallest absolute Gasteiger partial charge is 0.238 e. The van der Waals surface area contributed by atoms with Gasteiger partial charge in [-0.1, -0.05) is 48.5 Å². The van der Waals surface area contributed by atoms with Crippen LogP contribution in [-0.4, -0.2) is 34.6 Å². The number of carbonyl (C=O) groups excluding carboxylic acids is 1. The summed E-state index contributed by atoms with van der Waals surface area (Å²) in [4.78, 5) is 14.5. The van der Waals surface area contributed by atoms with Crippen LogP contribution in [0.25, 0.3) is 0 Å². The molecule has 2 aromatic rings. The molecule has 0 unspecified atom stereocenters. The van der Waals surface area contributed by atoms with Gasteiger partial charge in [0, 0.05) is 18.8 Å². The zero-order valence-corrected chi connectivity index (χ0v) is 15.5. The molecule has 0 spiro atoms. The number of para-hydroxylation sites is 1. The van der Waals surface area contributed by atoms with E-state index in [0.717, 1.165) is 22.4 Å². The molecule has 4 heteroatoms. The third-order valence-corrected chi connectivity index (χ3v) is 3.97. The van der Waals surface area contributed by atoms with Crippen molar-refractivity contribution in [2.75, 3.05) is 18.4 Å². The fraction of sp³-hybridized carbons (Fsp3) is 0.381. The van der Waals surface area contributed by atoms with Gasteiger partial charge >= 0.3 is 0 Å². The lowest BCUT2D eigenvalue weighted by Gasteiger charge is -2.28. The van der Waals surface area contributed by atoms with Crippen molar-refractivity contribution in [2.24, 2.45) is 0 Å². The Balaban J connectivity index is 2.08. The number of aliphatic hydroxyl groups is 1. The highest BCUT2D eigenvalue weighted by molar-refractivity contribution is 5.93. The van der Waals surface area contributed by atoms with Gasteiger partial charge in [-0.15, -0.1) is 0 Å². The number of benzene rings is 2. The molecule has 0 saturated heterocycles. The van der Waals surface area contributed by atoms with Crippen molar-refractivity contribution in [1.29, 1.82) is 0 Å². The van der Waals surface area contributed by atoms with Gasteiger partial charge in [0.15, 0.2) is 0 Å².